The summed E-state index contributed by atoms with van der Waals surface area (Å²) in [6.45, 7) is 6.44. The summed E-state index contributed by atoms with van der Waals surface area (Å²) in [6, 6.07) is 0. The molecule has 74 valence electrons. The molecule has 0 saturated heterocycles. The molecule has 0 aromatic rings. The lowest BCUT2D eigenvalue weighted by molar-refractivity contribution is -0.137. The summed E-state index contributed by atoms with van der Waals surface area (Å²) in [4.78, 5) is 0. The molecule has 0 aromatic carbocycles. The van der Waals surface area contributed by atoms with Gasteiger partial charge in [-0.25, -0.2) is 0 Å². The van der Waals surface area contributed by atoms with Crippen LogP contribution in [-0.4, -0.2) is 43.3 Å². The summed E-state index contributed by atoms with van der Waals surface area (Å²) in [7, 11) is 3.06. The van der Waals surface area contributed by atoms with E-state index in [0.717, 1.165) is 30.0 Å². The quantitative estimate of drug-likeness (QED) is 0.445. The van der Waals surface area contributed by atoms with Gasteiger partial charge in [-0.2, -0.15) is 0 Å². The maximum atomic E-state index is 5.47. The Bertz CT molecular complexity index is 97.1. The second-order valence-electron chi connectivity index (χ2n) is 2.81. The smallest absolute Gasteiger partial charge is 0.158 e. The molecule has 0 fully saturated rings. The van der Waals surface area contributed by atoms with E-state index in [9.17, 15) is 0 Å². The average Bonchev–Trinajstić information content (AvgIpc) is 2.04. The Kier molecular flexibility index (Phi) is 7.79. The maximum Gasteiger partial charge on any atom is 0.158 e. The fourth-order valence-corrected chi connectivity index (χ4v) is 1.92. The van der Waals surface area contributed by atoms with Gasteiger partial charge < -0.3 is 14.8 Å². The first-order chi connectivity index (χ1) is 5.76. The normalized spacial score (nSPS) is 14.0. The number of hydrogen-bond acceptors (Lipinski definition) is 3. The lowest BCUT2D eigenvalue weighted by atomic mass is 10.4. The minimum Gasteiger partial charge on any atom is -0.353 e. The summed E-state index contributed by atoms with van der Waals surface area (Å²) in [5.41, 5.74) is 0.537. The molecular formula is C8H21NO2Si. The van der Waals surface area contributed by atoms with E-state index in [1.807, 2.05) is 20.9 Å². The SMILES string of the molecule is CCOC(OCC)C([SiH3])CNC. The maximum absolute atomic E-state index is 5.47. The molecule has 1 atom stereocenters. The van der Waals surface area contributed by atoms with Crippen molar-refractivity contribution in [1.29, 1.82) is 0 Å². The Morgan fingerprint density at radius 2 is 1.75 bits per heavy atom. The summed E-state index contributed by atoms with van der Waals surface area (Å²) < 4.78 is 10.9. The number of hydrogen-bond donors (Lipinski definition) is 1. The monoisotopic (exact) mass is 191 g/mol. The Balaban J connectivity index is 3.72. The Hall–Kier alpha value is 0.0969. The highest BCUT2D eigenvalue weighted by Gasteiger charge is 2.16. The van der Waals surface area contributed by atoms with Crippen LogP contribution in [0.4, 0.5) is 0 Å². The summed E-state index contributed by atoms with van der Waals surface area (Å²) >= 11 is 0. The molecule has 12 heavy (non-hydrogen) atoms. The molecular weight excluding hydrogens is 170 g/mol. The van der Waals surface area contributed by atoms with Crippen molar-refractivity contribution >= 4 is 10.2 Å². The average molecular weight is 191 g/mol. The molecule has 1 N–H and O–H groups in total. The molecule has 0 rings (SSSR count). The van der Waals surface area contributed by atoms with Crippen molar-refractivity contribution in [1.82, 2.24) is 5.32 Å². The van der Waals surface area contributed by atoms with E-state index in [0.29, 0.717) is 5.54 Å². The predicted octanol–water partition coefficient (Wildman–Crippen LogP) is -0.241. The van der Waals surface area contributed by atoms with Crippen LogP contribution in [0.15, 0.2) is 0 Å². The zero-order valence-corrected chi connectivity index (χ0v) is 10.6. The first-order valence-corrected chi connectivity index (χ1v) is 5.79. The van der Waals surface area contributed by atoms with Crippen LogP contribution >= 0.6 is 0 Å². The van der Waals surface area contributed by atoms with Gasteiger partial charge in [-0.05, 0) is 27.4 Å². The zero-order chi connectivity index (χ0) is 9.40. The fraction of sp³-hybridized carbons (Fsp3) is 1.00. The van der Waals surface area contributed by atoms with Gasteiger partial charge in [0.1, 0.15) is 0 Å². The van der Waals surface area contributed by atoms with Crippen LogP contribution in [0.25, 0.3) is 0 Å². The molecule has 0 aliphatic carbocycles. The third-order valence-electron chi connectivity index (χ3n) is 1.65. The predicted molar refractivity (Wildman–Crippen MR) is 54.7 cm³/mol. The van der Waals surface area contributed by atoms with Crippen molar-refractivity contribution in [3.63, 3.8) is 0 Å². The molecule has 0 aliphatic rings. The molecule has 3 nitrogen and oxygen atoms in total. The lowest BCUT2D eigenvalue weighted by Crippen LogP contribution is -2.30. The molecule has 0 aliphatic heterocycles. The molecule has 0 bridgehead atoms. The minimum atomic E-state index is -0.000818. The molecule has 0 radical (unpaired) electrons. The van der Waals surface area contributed by atoms with Gasteiger partial charge in [-0.1, -0.05) is 0 Å². The van der Waals surface area contributed by atoms with Gasteiger partial charge in [0.2, 0.25) is 0 Å². The Morgan fingerprint density at radius 3 is 2.08 bits per heavy atom. The zero-order valence-electron chi connectivity index (χ0n) is 8.59. The summed E-state index contributed by atoms with van der Waals surface area (Å²) in [5, 5.41) is 3.14. The van der Waals surface area contributed by atoms with Crippen molar-refractivity contribution in [3.8, 4) is 0 Å². The van der Waals surface area contributed by atoms with Gasteiger partial charge in [0.25, 0.3) is 0 Å². The van der Waals surface area contributed by atoms with Crippen LogP contribution in [0.1, 0.15) is 13.8 Å². The van der Waals surface area contributed by atoms with Crippen LogP contribution < -0.4 is 5.32 Å². The first kappa shape index (κ1) is 12.1. The van der Waals surface area contributed by atoms with E-state index in [2.05, 4.69) is 5.32 Å². The topological polar surface area (TPSA) is 30.5 Å². The Labute approximate surface area is 78.2 Å². The van der Waals surface area contributed by atoms with Crippen LogP contribution in [0, 0.1) is 0 Å². The summed E-state index contributed by atoms with van der Waals surface area (Å²) in [5.74, 6) is 0. The van der Waals surface area contributed by atoms with E-state index in [4.69, 9.17) is 9.47 Å². The highest BCUT2D eigenvalue weighted by molar-refractivity contribution is 6.12. The second kappa shape index (κ2) is 7.73. The van der Waals surface area contributed by atoms with Crippen molar-refractivity contribution in [2.75, 3.05) is 26.8 Å². The highest BCUT2D eigenvalue weighted by atomic mass is 28.1. The third kappa shape index (κ3) is 4.87. The standard InChI is InChI=1S/C8H21NO2Si/c1-4-10-8(11-5-2)7(12)6-9-3/h7-9H,4-6H2,1-3,12H3. The van der Waals surface area contributed by atoms with Gasteiger partial charge in [-0.3, -0.25) is 0 Å². The number of ether oxygens (including phenoxy) is 2. The molecule has 0 amide bonds. The molecule has 0 aromatic heterocycles. The van der Waals surface area contributed by atoms with E-state index < -0.39 is 0 Å². The van der Waals surface area contributed by atoms with Gasteiger partial charge in [0.05, 0.1) is 0 Å². The van der Waals surface area contributed by atoms with E-state index in [-0.39, 0.29) is 6.29 Å². The van der Waals surface area contributed by atoms with Gasteiger partial charge in [-0.15, -0.1) is 0 Å². The van der Waals surface area contributed by atoms with Crippen LogP contribution in [0.3, 0.4) is 0 Å². The fourth-order valence-electron chi connectivity index (χ4n) is 1.12. The number of nitrogens with one attached hydrogen (secondary N) is 1. The molecule has 1 unspecified atom stereocenters. The minimum absolute atomic E-state index is 0.000818. The second-order valence-corrected chi connectivity index (χ2v) is 4.30. The van der Waals surface area contributed by atoms with Crippen molar-refractivity contribution in [2.45, 2.75) is 25.7 Å². The Morgan fingerprint density at radius 1 is 1.25 bits per heavy atom. The van der Waals surface area contributed by atoms with Gasteiger partial charge in [0, 0.05) is 29.0 Å². The van der Waals surface area contributed by atoms with E-state index in [1.54, 1.807) is 0 Å². The summed E-state index contributed by atoms with van der Waals surface area (Å²) in [6.07, 6.45) is -0.000818. The van der Waals surface area contributed by atoms with E-state index >= 15 is 0 Å². The molecule has 0 saturated carbocycles. The molecule has 4 heteroatoms. The molecule has 0 spiro atoms. The van der Waals surface area contributed by atoms with Gasteiger partial charge >= 0.3 is 0 Å². The van der Waals surface area contributed by atoms with Crippen molar-refractivity contribution in [2.24, 2.45) is 0 Å². The first-order valence-electron chi connectivity index (χ1n) is 4.64. The van der Waals surface area contributed by atoms with Crippen LogP contribution in [0.5, 0.6) is 0 Å². The van der Waals surface area contributed by atoms with Crippen LogP contribution in [-0.2, 0) is 9.47 Å². The third-order valence-corrected chi connectivity index (χ3v) is 2.61. The van der Waals surface area contributed by atoms with E-state index in [1.165, 1.54) is 0 Å². The van der Waals surface area contributed by atoms with Gasteiger partial charge in [0.15, 0.2) is 6.29 Å². The van der Waals surface area contributed by atoms with Crippen molar-refractivity contribution < 1.29 is 9.47 Å². The molecule has 0 heterocycles. The van der Waals surface area contributed by atoms with Crippen LogP contribution in [0.2, 0.25) is 5.54 Å². The van der Waals surface area contributed by atoms with Crippen molar-refractivity contribution in [3.05, 3.63) is 0 Å². The lowest BCUT2D eigenvalue weighted by Gasteiger charge is -2.23. The number of rotatable bonds is 7. The largest absolute Gasteiger partial charge is 0.353 e. The highest BCUT2D eigenvalue weighted by Crippen LogP contribution is 2.10.